The van der Waals surface area contributed by atoms with Crippen molar-refractivity contribution < 1.29 is 4.39 Å². The van der Waals surface area contributed by atoms with Crippen LogP contribution in [-0.4, -0.2) is 0 Å². The fourth-order valence-corrected chi connectivity index (χ4v) is 1.85. The monoisotopic (exact) mass is 264 g/mol. The molecule has 2 aromatic rings. The lowest BCUT2D eigenvalue weighted by Crippen LogP contribution is -1.99. The van der Waals surface area contributed by atoms with Crippen molar-refractivity contribution in [2.24, 2.45) is 0 Å². The number of hydrogen-bond donors (Lipinski definition) is 2. The minimum absolute atomic E-state index is 0.312. The number of anilines is 3. The van der Waals surface area contributed by atoms with Crippen LogP contribution in [0.15, 0.2) is 30.3 Å². The van der Waals surface area contributed by atoms with E-state index in [2.05, 4.69) is 5.32 Å². The SMILES string of the molecule is Cc1ccc(Cl)c(Nc2cc(C)c(F)cc2N)c1. The summed E-state index contributed by atoms with van der Waals surface area (Å²) >= 11 is 6.09. The molecule has 0 bridgehead atoms. The highest BCUT2D eigenvalue weighted by atomic mass is 35.5. The third kappa shape index (κ3) is 2.57. The lowest BCUT2D eigenvalue weighted by molar-refractivity contribution is 0.619. The molecule has 0 fully saturated rings. The first-order valence-electron chi connectivity index (χ1n) is 5.56. The lowest BCUT2D eigenvalue weighted by atomic mass is 10.1. The summed E-state index contributed by atoms with van der Waals surface area (Å²) < 4.78 is 13.3. The van der Waals surface area contributed by atoms with Gasteiger partial charge in [-0.15, -0.1) is 0 Å². The number of nitrogen functional groups attached to an aromatic ring is 1. The van der Waals surface area contributed by atoms with E-state index in [9.17, 15) is 4.39 Å². The van der Waals surface area contributed by atoms with Gasteiger partial charge in [0, 0.05) is 0 Å². The Morgan fingerprint density at radius 2 is 1.83 bits per heavy atom. The molecule has 0 aliphatic carbocycles. The lowest BCUT2D eigenvalue weighted by Gasteiger charge is -2.12. The first-order chi connectivity index (χ1) is 8.47. The first kappa shape index (κ1) is 12.7. The van der Waals surface area contributed by atoms with Crippen LogP contribution in [0.5, 0.6) is 0 Å². The molecule has 2 aromatic carbocycles. The average Bonchev–Trinajstić information content (AvgIpc) is 2.30. The Balaban J connectivity index is 2.40. The molecule has 0 aliphatic heterocycles. The number of halogens is 2. The van der Waals surface area contributed by atoms with Crippen molar-refractivity contribution in [1.29, 1.82) is 0 Å². The quantitative estimate of drug-likeness (QED) is 0.788. The number of nitrogens with one attached hydrogen (secondary N) is 1. The minimum atomic E-state index is -0.312. The predicted molar refractivity (Wildman–Crippen MR) is 75.0 cm³/mol. The van der Waals surface area contributed by atoms with E-state index < -0.39 is 0 Å². The van der Waals surface area contributed by atoms with Crippen LogP contribution in [0, 0.1) is 19.7 Å². The second-order valence-electron chi connectivity index (χ2n) is 4.30. The molecule has 0 amide bonds. The Labute approximate surface area is 111 Å². The molecule has 0 aromatic heterocycles. The van der Waals surface area contributed by atoms with Crippen molar-refractivity contribution in [3.63, 3.8) is 0 Å². The maximum Gasteiger partial charge on any atom is 0.128 e. The van der Waals surface area contributed by atoms with Crippen molar-refractivity contribution >= 4 is 28.7 Å². The van der Waals surface area contributed by atoms with Crippen molar-refractivity contribution in [3.05, 3.63) is 52.3 Å². The molecule has 0 saturated carbocycles. The molecule has 4 heteroatoms. The predicted octanol–water partition coefficient (Wildman–Crippen LogP) is 4.42. The number of aryl methyl sites for hydroxylation is 2. The van der Waals surface area contributed by atoms with Gasteiger partial charge in [-0.25, -0.2) is 4.39 Å². The van der Waals surface area contributed by atoms with Gasteiger partial charge in [0.05, 0.1) is 22.1 Å². The Morgan fingerprint density at radius 1 is 1.11 bits per heavy atom. The van der Waals surface area contributed by atoms with Crippen LogP contribution < -0.4 is 11.1 Å². The second-order valence-corrected chi connectivity index (χ2v) is 4.70. The zero-order valence-corrected chi connectivity index (χ0v) is 11.0. The molecule has 0 spiro atoms. The molecule has 0 saturated heterocycles. The molecule has 0 radical (unpaired) electrons. The maximum absolute atomic E-state index is 13.3. The number of nitrogens with two attached hydrogens (primary N) is 1. The standard InChI is InChI=1S/C14H14ClFN2/c1-8-3-4-10(15)13(5-8)18-14-6-9(2)11(16)7-12(14)17/h3-7,18H,17H2,1-2H3. The summed E-state index contributed by atoms with van der Waals surface area (Å²) in [6.45, 7) is 3.67. The van der Waals surface area contributed by atoms with Gasteiger partial charge in [0.15, 0.2) is 0 Å². The molecular formula is C14H14ClFN2. The summed E-state index contributed by atoms with van der Waals surface area (Å²) in [5, 5.41) is 3.72. The Morgan fingerprint density at radius 3 is 2.56 bits per heavy atom. The fraction of sp³-hybridized carbons (Fsp3) is 0.143. The minimum Gasteiger partial charge on any atom is -0.397 e. The molecule has 0 atom stereocenters. The van der Waals surface area contributed by atoms with Gasteiger partial charge in [-0.05, 0) is 49.2 Å². The largest absolute Gasteiger partial charge is 0.397 e. The van der Waals surface area contributed by atoms with E-state index in [0.717, 1.165) is 11.3 Å². The van der Waals surface area contributed by atoms with Crippen LogP contribution in [0.2, 0.25) is 5.02 Å². The Hall–Kier alpha value is -1.74. The topological polar surface area (TPSA) is 38.0 Å². The van der Waals surface area contributed by atoms with Crippen molar-refractivity contribution in [2.45, 2.75) is 13.8 Å². The van der Waals surface area contributed by atoms with Crippen LogP contribution in [0.25, 0.3) is 0 Å². The molecule has 18 heavy (non-hydrogen) atoms. The average molecular weight is 265 g/mol. The van der Waals surface area contributed by atoms with Crippen LogP contribution in [0.3, 0.4) is 0 Å². The Kier molecular flexibility index (Phi) is 3.43. The fourth-order valence-electron chi connectivity index (χ4n) is 1.69. The van der Waals surface area contributed by atoms with E-state index in [-0.39, 0.29) is 5.82 Å². The van der Waals surface area contributed by atoms with Crippen LogP contribution in [0.1, 0.15) is 11.1 Å². The molecule has 2 rings (SSSR count). The number of benzene rings is 2. The van der Waals surface area contributed by atoms with E-state index in [0.29, 0.717) is 22.0 Å². The zero-order chi connectivity index (χ0) is 13.3. The zero-order valence-electron chi connectivity index (χ0n) is 10.2. The van der Waals surface area contributed by atoms with Gasteiger partial charge in [0.1, 0.15) is 5.82 Å². The summed E-state index contributed by atoms with van der Waals surface area (Å²) in [6, 6.07) is 8.63. The normalized spacial score (nSPS) is 10.4. The smallest absolute Gasteiger partial charge is 0.128 e. The highest BCUT2D eigenvalue weighted by Gasteiger charge is 2.07. The summed E-state index contributed by atoms with van der Waals surface area (Å²) in [7, 11) is 0. The summed E-state index contributed by atoms with van der Waals surface area (Å²) in [4.78, 5) is 0. The highest BCUT2D eigenvalue weighted by molar-refractivity contribution is 6.33. The van der Waals surface area contributed by atoms with Crippen molar-refractivity contribution in [2.75, 3.05) is 11.1 Å². The summed E-state index contributed by atoms with van der Waals surface area (Å²) in [6.07, 6.45) is 0. The van der Waals surface area contributed by atoms with Gasteiger partial charge in [-0.1, -0.05) is 17.7 Å². The van der Waals surface area contributed by atoms with Gasteiger partial charge in [0.2, 0.25) is 0 Å². The van der Waals surface area contributed by atoms with Gasteiger partial charge in [-0.3, -0.25) is 0 Å². The Bertz CT molecular complexity index is 597. The van der Waals surface area contributed by atoms with Gasteiger partial charge in [-0.2, -0.15) is 0 Å². The molecule has 94 valence electrons. The van der Waals surface area contributed by atoms with E-state index >= 15 is 0 Å². The van der Waals surface area contributed by atoms with Crippen molar-refractivity contribution in [1.82, 2.24) is 0 Å². The molecular weight excluding hydrogens is 251 g/mol. The molecule has 0 aliphatic rings. The van der Waals surface area contributed by atoms with Gasteiger partial charge < -0.3 is 11.1 Å². The second kappa shape index (κ2) is 4.86. The van der Waals surface area contributed by atoms with Crippen molar-refractivity contribution in [3.8, 4) is 0 Å². The highest BCUT2D eigenvalue weighted by Crippen LogP contribution is 2.30. The first-order valence-corrected chi connectivity index (χ1v) is 5.94. The molecule has 0 heterocycles. The molecule has 3 N–H and O–H groups in total. The third-order valence-corrected chi connectivity index (χ3v) is 3.05. The number of hydrogen-bond acceptors (Lipinski definition) is 2. The molecule has 2 nitrogen and oxygen atoms in total. The van der Waals surface area contributed by atoms with E-state index in [4.69, 9.17) is 17.3 Å². The third-order valence-electron chi connectivity index (χ3n) is 2.72. The number of rotatable bonds is 2. The maximum atomic E-state index is 13.3. The van der Waals surface area contributed by atoms with Crippen LogP contribution in [-0.2, 0) is 0 Å². The van der Waals surface area contributed by atoms with Crippen LogP contribution >= 0.6 is 11.6 Å². The summed E-state index contributed by atoms with van der Waals surface area (Å²) in [5.41, 5.74) is 9.17. The van der Waals surface area contributed by atoms with Gasteiger partial charge >= 0.3 is 0 Å². The van der Waals surface area contributed by atoms with E-state index in [1.807, 2.05) is 25.1 Å². The molecule has 0 unspecified atom stereocenters. The van der Waals surface area contributed by atoms with E-state index in [1.54, 1.807) is 13.0 Å². The van der Waals surface area contributed by atoms with Crippen LogP contribution in [0.4, 0.5) is 21.5 Å². The van der Waals surface area contributed by atoms with Gasteiger partial charge in [0.25, 0.3) is 0 Å². The summed E-state index contributed by atoms with van der Waals surface area (Å²) in [5.74, 6) is -0.312. The van der Waals surface area contributed by atoms with E-state index in [1.165, 1.54) is 6.07 Å².